The molecule has 1 aliphatic rings. The predicted molar refractivity (Wildman–Crippen MR) is 149 cm³/mol. The molecule has 1 heterocycles. The summed E-state index contributed by atoms with van der Waals surface area (Å²) in [5.41, 5.74) is 1.26. The molecule has 0 radical (unpaired) electrons. The van der Waals surface area contributed by atoms with E-state index < -0.39 is 35.5 Å². The van der Waals surface area contributed by atoms with Gasteiger partial charge in [-0.05, 0) is 55.4 Å². The van der Waals surface area contributed by atoms with Crippen LogP contribution in [-0.2, 0) is 26.7 Å². The lowest BCUT2D eigenvalue weighted by atomic mass is 9.98. The van der Waals surface area contributed by atoms with E-state index in [0.29, 0.717) is 25.7 Å². The van der Waals surface area contributed by atoms with Gasteiger partial charge in [-0.2, -0.15) is 8.78 Å². The molecule has 0 saturated carbocycles. The van der Waals surface area contributed by atoms with Crippen LogP contribution in [-0.4, -0.2) is 50.7 Å². The second-order valence-corrected chi connectivity index (χ2v) is 9.86. The highest BCUT2D eigenvalue weighted by Gasteiger charge is 2.49. The normalized spacial score (nSPS) is 16.0. The molecule has 0 bridgehead atoms. The summed E-state index contributed by atoms with van der Waals surface area (Å²) in [4.78, 5) is 27.9. The van der Waals surface area contributed by atoms with Gasteiger partial charge < -0.3 is 23.8 Å². The summed E-state index contributed by atoms with van der Waals surface area (Å²) < 4.78 is 53.2. The Kier molecular flexibility index (Phi) is 9.81. The predicted octanol–water partition coefficient (Wildman–Crippen LogP) is 6.10. The number of halogens is 2. The lowest BCUT2D eigenvalue weighted by Gasteiger charge is -2.37. The lowest BCUT2D eigenvalue weighted by molar-refractivity contribution is -0.173. The van der Waals surface area contributed by atoms with Crippen LogP contribution in [0.4, 0.5) is 8.78 Å². The van der Waals surface area contributed by atoms with Crippen molar-refractivity contribution in [3.63, 3.8) is 0 Å². The van der Waals surface area contributed by atoms with E-state index in [0.717, 1.165) is 28.2 Å². The van der Waals surface area contributed by atoms with Gasteiger partial charge in [0.05, 0.1) is 21.3 Å². The van der Waals surface area contributed by atoms with Crippen molar-refractivity contribution in [1.29, 1.82) is 0 Å². The van der Waals surface area contributed by atoms with E-state index in [1.807, 2.05) is 60.7 Å². The van der Waals surface area contributed by atoms with E-state index in [2.05, 4.69) is 0 Å². The first-order chi connectivity index (χ1) is 19.8. The quantitative estimate of drug-likeness (QED) is 0.261. The molecule has 0 N–H and O–H groups in total. The van der Waals surface area contributed by atoms with Crippen LogP contribution in [0.2, 0.25) is 0 Å². The molecule has 1 unspecified atom stereocenters. The maximum atomic E-state index is 15.8. The number of aryl methyl sites for hydroxylation is 1. The Bertz CT molecular complexity index is 1290. The van der Waals surface area contributed by atoms with Gasteiger partial charge in [-0.25, -0.2) is 4.79 Å². The van der Waals surface area contributed by atoms with E-state index in [9.17, 15) is 9.59 Å². The zero-order chi connectivity index (χ0) is 29.4. The molecule has 7 nitrogen and oxygen atoms in total. The molecule has 1 fully saturated rings. The average molecular weight is 568 g/mol. The molecule has 4 rings (SSSR count). The Morgan fingerprint density at radius 1 is 0.902 bits per heavy atom. The molecule has 218 valence electrons. The molecule has 3 aromatic rings. The van der Waals surface area contributed by atoms with Crippen LogP contribution in [0.15, 0.2) is 72.8 Å². The fraction of sp³-hybridized carbons (Fsp3) is 0.375. The number of nitrogens with zero attached hydrogens (tertiary/aromatic N) is 1. The van der Waals surface area contributed by atoms with Gasteiger partial charge in [0.1, 0.15) is 12.1 Å². The van der Waals surface area contributed by atoms with Crippen molar-refractivity contribution in [2.24, 2.45) is 0 Å². The fourth-order valence-electron chi connectivity index (χ4n) is 5.11. The molecule has 1 amide bonds. The summed E-state index contributed by atoms with van der Waals surface area (Å²) in [6.07, 6.45) is 1.90. The Morgan fingerprint density at radius 2 is 1.51 bits per heavy atom. The number of piperidine rings is 1. The Labute approximate surface area is 239 Å². The van der Waals surface area contributed by atoms with Gasteiger partial charge in [0.15, 0.2) is 11.5 Å². The first-order valence-corrected chi connectivity index (χ1v) is 13.6. The van der Waals surface area contributed by atoms with Crippen molar-refractivity contribution >= 4 is 11.9 Å². The SMILES string of the molecule is COc1cc(C(F)(F)C(=O)N2CCCC[C@H]2C(=O)OC(CCc2ccccc2)c2ccccc2)cc(OC)c1OC. The van der Waals surface area contributed by atoms with Crippen LogP contribution in [0.5, 0.6) is 17.2 Å². The third-order valence-electron chi connectivity index (χ3n) is 7.30. The van der Waals surface area contributed by atoms with Crippen LogP contribution >= 0.6 is 0 Å². The highest BCUT2D eigenvalue weighted by atomic mass is 19.3. The number of amides is 1. The number of rotatable bonds is 11. The number of ether oxygens (including phenoxy) is 4. The van der Waals surface area contributed by atoms with Crippen molar-refractivity contribution in [3.8, 4) is 17.2 Å². The smallest absolute Gasteiger partial charge is 0.350 e. The van der Waals surface area contributed by atoms with Crippen molar-refractivity contribution in [2.75, 3.05) is 27.9 Å². The molecular weight excluding hydrogens is 532 g/mol. The molecule has 0 spiro atoms. The van der Waals surface area contributed by atoms with E-state index in [1.54, 1.807) is 0 Å². The molecule has 0 aromatic heterocycles. The number of hydrogen-bond acceptors (Lipinski definition) is 6. The summed E-state index contributed by atoms with van der Waals surface area (Å²) in [7, 11) is 3.97. The van der Waals surface area contributed by atoms with Crippen LogP contribution in [0.3, 0.4) is 0 Å². The summed E-state index contributed by atoms with van der Waals surface area (Å²) in [5, 5.41) is 0. The van der Waals surface area contributed by atoms with Crippen LogP contribution < -0.4 is 14.2 Å². The first-order valence-electron chi connectivity index (χ1n) is 13.6. The maximum Gasteiger partial charge on any atom is 0.350 e. The van der Waals surface area contributed by atoms with E-state index in [4.69, 9.17) is 18.9 Å². The Hall–Kier alpha value is -4.14. The lowest BCUT2D eigenvalue weighted by Crippen LogP contribution is -2.53. The fourth-order valence-corrected chi connectivity index (χ4v) is 5.11. The Balaban J connectivity index is 1.57. The number of methoxy groups -OCH3 is 3. The molecule has 41 heavy (non-hydrogen) atoms. The summed E-state index contributed by atoms with van der Waals surface area (Å²) in [6.45, 7) is 0.0125. The highest BCUT2D eigenvalue weighted by Crippen LogP contribution is 2.43. The van der Waals surface area contributed by atoms with Crippen molar-refractivity contribution in [2.45, 2.75) is 50.2 Å². The number of hydrogen-bond donors (Lipinski definition) is 0. The van der Waals surface area contributed by atoms with Crippen LogP contribution in [0.25, 0.3) is 0 Å². The second kappa shape index (κ2) is 13.5. The molecule has 1 saturated heterocycles. The van der Waals surface area contributed by atoms with Gasteiger partial charge in [-0.3, -0.25) is 4.79 Å². The van der Waals surface area contributed by atoms with E-state index >= 15 is 8.78 Å². The van der Waals surface area contributed by atoms with Crippen LogP contribution in [0, 0.1) is 0 Å². The van der Waals surface area contributed by atoms with Crippen molar-refractivity contribution in [3.05, 3.63) is 89.5 Å². The number of esters is 1. The standard InChI is InChI=1S/C32H35F2NO6/c1-38-27-20-24(21-28(39-2)29(27)40-3)32(33,34)31(37)35-19-11-10-16-25(35)30(36)41-26(23-14-8-5-9-15-23)18-17-22-12-6-4-7-13-22/h4-9,12-15,20-21,25-26H,10-11,16-19H2,1-3H3/t25-,26?/m0/s1. The minimum Gasteiger partial charge on any atom is -0.493 e. The second-order valence-electron chi connectivity index (χ2n) is 9.86. The number of alkyl halides is 2. The van der Waals surface area contributed by atoms with Crippen LogP contribution in [0.1, 0.15) is 48.5 Å². The van der Waals surface area contributed by atoms with Crippen molar-refractivity contribution < 1.29 is 37.3 Å². The van der Waals surface area contributed by atoms with Gasteiger partial charge in [-0.15, -0.1) is 0 Å². The minimum absolute atomic E-state index is 0.00644. The number of likely N-dealkylation sites (tertiary alicyclic amines) is 1. The zero-order valence-electron chi connectivity index (χ0n) is 23.5. The number of carbonyl (C=O) groups excluding carboxylic acids is 2. The molecule has 3 aromatic carbocycles. The van der Waals surface area contributed by atoms with Gasteiger partial charge in [0.25, 0.3) is 5.91 Å². The third kappa shape index (κ3) is 6.78. The highest BCUT2D eigenvalue weighted by molar-refractivity contribution is 5.90. The average Bonchev–Trinajstić information content (AvgIpc) is 3.02. The number of benzene rings is 3. The summed E-state index contributed by atoms with van der Waals surface area (Å²) >= 11 is 0. The minimum atomic E-state index is -3.96. The van der Waals surface area contributed by atoms with E-state index in [-0.39, 0.29) is 30.2 Å². The molecule has 1 aliphatic heterocycles. The zero-order valence-corrected chi connectivity index (χ0v) is 23.5. The molecule has 0 aliphatic carbocycles. The Morgan fingerprint density at radius 3 is 2.10 bits per heavy atom. The van der Waals surface area contributed by atoms with Gasteiger partial charge in [-0.1, -0.05) is 60.7 Å². The van der Waals surface area contributed by atoms with Crippen molar-refractivity contribution in [1.82, 2.24) is 4.90 Å². The maximum absolute atomic E-state index is 15.8. The first kappa shape index (κ1) is 29.8. The van der Waals surface area contributed by atoms with Gasteiger partial charge >= 0.3 is 11.9 Å². The molecule has 2 atom stereocenters. The summed E-state index contributed by atoms with van der Waals surface area (Å²) in [6, 6.07) is 20.1. The van der Waals surface area contributed by atoms with Gasteiger partial charge in [0.2, 0.25) is 5.75 Å². The number of carbonyl (C=O) groups is 2. The largest absolute Gasteiger partial charge is 0.493 e. The third-order valence-corrected chi connectivity index (χ3v) is 7.30. The topological polar surface area (TPSA) is 74.3 Å². The molecular formula is C32H35F2NO6. The van der Waals surface area contributed by atoms with Gasteiger partial charge in [0, 0.05) is 12.1 Å². The van der Waals surface area contributed by atoms with E-state index in [1.165, 1.54) is 21.3 Å². The molecule has 9 heteroatoms. The summed E-state index contributed by atoms with van der Waals surface area (Å²) in [5.74, 6) is -6.02. The monoisotopic (exact) mass is 567 g/mol.